The molecule has 0 heterocycles. The molecule has 0 radical (unpaired) electrons. The fourth-order valence-electron chi connectivity index (χ4n) is 4.15. The summed E-state index contributed by atoms with van der Waals surface area (Å²) >= 11 is 0. The second-order valence-electron chi connectivity index (χ2n) is 8.91. The van der Waals surface area contributed by atoms with E-state index < -0.39 is 0 Å². The second-order valence-corrected chi connectivity index (χ2v) is 8.91. The zero-order chi connectivity index (χ0) is 23.5. The summed E-state index contributed by atoms with van der Waals surface area (Å²) in [6.07, 6.45) is 6.91. The molecular weight excluding hydrogens is 419 g/mol. The Bertz CT molecular complexity index is 740. The van der Waals surface area contributed by atoms with Crippen molar-refractivity contribution >= 4 is 6.71 Å². The lowest BCUT2D eigenvalue weighted by Crippen LogP contribution is -2.15. The molecule has 3 aromatic carbocycles. The van der Waals surface area contributed by atoms with Gasteiger partial charge in [0.05, 0.1) is 19.8 Å². The molecular formula is C30H39BO3. The van der Waals surface area contributed by atoms with Crippen LogP contribution in [0.4, 0.5) is 0 Å². The van der Waals surface area contributed by atoms with E-state index >= 15 is 0 Å². The van der Waals surface area contributed by atoms with Crippen LogP contribution in [-0.4, -0.2) is 26.5 Å². The molecule has 0 saturated heterocycles. The third-order valence-electron chi connectivity index (χ3n) is 6.04. The highest BCUT2D eigenvalue weighted by Crippen LogP contribution is 2.15. The van der Waals surface area contributed by atoms with Crippen LogP contribution in [0.25, 0.3) is 0 Å². The molecule has 0 aliphatic rings. The minimum Gasteiger partial charge on any atom is -0.377 e. The van der Waals surface area contributed by atoms with Gasteiger partial charge in [0.2, 0.25) is 0 Å². The maximum Gasteiger partial charge on any atom is 0.140 e. The van der Waals surface area contributed by atoms with Crippen molar-refractivity contribution in [3.8, 4) is 0 Å². The molecule has 0 spiro atoms. The quantitative estimate of drug-likeness (QED) is 0.148. The van der Waals surface area contributed by atoms with Crippen LogP contribution in [-0.2, 0) is 34.0 Å². The first kappa shape index (κ1) is 26.2. The van der Waals surface area contributed by atoms with Crippen molar-refractivity contribution < 1.29 is 14.2 Å². The molecule has 0 N–H and O–H groups in total. The molecule has 0 bridgehead atoms. The Balaban J connectivity index is 1.30. The second kappa shape index (κ2) is 17.1. The zero-order valence-corrected chi connectivity index (χ0v) is 20.4. The highest BCUT2D eigenvalue weighted by Gasteiger charge is 2.13. The lowest BCUT2D eigenvalue weighted by molar-refractivity contribution is 0.119. The van der Waals surface area contributed by atoms with E-state index in [9.17, 15) is 0 Å². The molecule has 180 valence electrons. The van der Waals surface area contributed by atoms with Gasteiger partial charge in [-0.15, -0.1) is 0 Å². The normalized spacial score (nSPS) is 10.9. The van der Waals surface area contributed by atoms with E-state index in [1.807, 2.05) is 18.2 Å². The summed E-state index contributed by atoms with van der Waals surface area (Å²) in [6, 6.07) is 31.2. The standard InChI is InChI=1S/C30H39BO3/c1-4-13-28(14-5-1)25-32-22-10-19-31(20-11-23-33-26-29-15-6-2-7-16-29)21-12-24-34-27-30-17-8-3-9-18-30/h1-9,13-18H,10-12,19-27H2. The van der Waals surface area contributed by atoms with Crippen LogP contribution in [0.1, 0.15) is 36.0 Å². The van der Waals surface area contributed by atoms with Gasteiger partial charge in [0.25, 0.3) is 0 Å². The van der Waals surface area contributed by atoms with E-state index in [4.69, 9.17) is 14.2 Å². The highest BCUT2D eigenvalue weighted by atomic mass is 16.5. The Hall–Kier alpha value is -2.40. The molecule has 4 heteroatoms. The summed E-state index contributed by atoms with van der Waals surface area (Å²) in [5.41, 5.74) is 3.72. The largest absolute Gasteiger partial charge is 0.377 e. The number of ether oxygens (including phenoxy) is 3. The maximum atomic E-state index is 5.90. The lowest BCUT2D eigenvalue weighted by Gasteiger charge is -2.14. The smallest absolute Gasteiger partial charge is 0.140 e. The van der Waals surface area contributed by atoms with Gasteiger partial charge in [-0.1, -0.05) is 110 Å². The van der Waals surface area contributed by atoms with Crippen LogP contribution in [0.3, 0.4) is 0 Å². The van der Waals surface area contributed by atoms with Crippen molar-refractivity contribution in [2.45, 2.75) is 58.0 Å². The average Bonchev–Trinajstić information content (AvgIpc) is 2.89. The van der Waals surface area contributed by atoms with Gasteiger partial charge in [0.1, 0.15) is 6.71 Å². The zero-order valence-electron chi connectivity index (χ0n) is 20.4. The number of hydrogen-bond donors (Lipinski definition) is 0. The molecule has 0 aliphatic carbocycles. The first-order valence-corrected chi connectivity index (χ1v) is 12.7. The Morgan fingerprint density at radius 3 is 1.00 bits per heavy atom. The molecule has 0 atom stereocenters. The number of hydrogen-bond acceptors (Lipinski definition) is 3. The average molecular weight is 458 g/mol. The first-order valence-electron chi connectivity index (χ1n) is 12.7. The molecule has 0 aliphatic heterocycles. The van der Waals surface area contributed by atoms with E-state index in [0.29, 0.717) is 26.5 Å². The Morgan fingerprint density at radius 1 is 0.412 bits per heavy atom. The highest BCUT2D eigenvalue weighted by molar-refractivity contribution is 6.58. The molecule has 0 fully saturated rings. The molecule has 0 unspecified atom stereocenters. The van der Waals surface area contributed by atoms with Crippen molar-refractivity contribution in [2.24, 2.45) is 0 Å². The lowest BCUT2D eigenvalue weighted by atomic mass is 9.41. The monoisotopic (exact) mass is 458 g/mol. The first-order chi connectivity index (χ1) is 16.9. The fourth-order valence-corrected chi connectivity index (χ4v) is 4.15. The Morgan fingerprint density at radius 2 is 0.706 bits per heavy atom. The third kappa shape index (κ3) is 11.6. The van der Waals surface area contributed by atoms with Crippen LogP contribution in [0, 0.1) is 0 Å². The summed E-state index contributed by atoms with van der Waals surface area (Å²) in [5, 5.41) is 0. The predicted molar refractivity (Wildman–Crippen MR) is 142 cm³/mol. The Labute approximate surface area is 206 Å². The molecule has 3 rings (SSSR count). The summed E-state index contributed by atoms with van der Waals surface area (Å²) in [7, 11) is 0. The SMILES string of the molecule is c1ccc(COCCCB(CCCOCc2ccccc2)CCCOCc2ccccc2)cc1. The number of rotatable bonds is 18. The molecule has 0 saturated carbocycles. The minimum atomic E-state index is 0.695. The summed E-state index contributed by atoms with van der Waals surface area (Å²) in [5.74, 6) is 0. The summed E-state index contributed by atoms with van der Waals surface area (Å²) < 4.78 is 17.7. The molecule has 34 heavy (non-hydrogen) atoms. The molecule has 3 nitrogen and oxygen atoms in total. The van der Waals surface area contributed by atoms with Gasteiger partial charge in [-0.05, 0) is 36.0 Å². The Kier molecular flexibility index (Phi) is 13.2. The molecule has 0 amide bonds. The van der Waals surface area contributed by atoms with Crippen LogP contribution in [0.5, 0.6) is 0 Å². The van der Waals surface area contributed by atoms with Crippen LogP contribution in [0.15, 0.2) is 91.0 Å². The van der Waals surface area contributed by atoms with E-state index in [-0.39, 0.29) is 0 Å². The summed E-state index contributed by atoms with van der Waals surface area (Å²) in [4.78, 5) is 0. The van der Waals surface area contributed by atoms with Crippen LogP contribution < -0.4 is 0 Å². The van der Waals surface area contributed by atoms with Gasteiger partial charge in [-0.25, -0.2) is 0 Å². The molecule has 3 aromatic rings. The number of benzene rings is 3. The van der Waals surface area contributed by atoms with Crippen molar-refractivity contribution in [2.75, 3.05) is 19.8 Å². The van der Waals surface area contributed by atoms with Crippen molar-refractivity contribution in [3.63, 3.8) is 0 Å². The van der Waals surface area contributed by atoms with Gasteiger partial charge in [0.15, 0.2) is 0 Å². The van der Waals surface area contributed by atoms with Crippen LogP contribution >= 0.6 is 0 Å². The van der Waals surface area contributed by atoms with Gasteiger partial charge >= 0.3 is 0 Å². The van der Waals surface area contributed by atoms with E-state index in [2.05, 4.69) is 72.8 Å². The van der Waals surface area contributed by atoms with Gasteiger partial charge in [-0.3, -0.25) is 0 Å². The van der Waals surface area contributed by atoms with Crippen molar-refractivity contribution in [1.82, 2.24) is 0 Å². The van der Waals surface area contributed by atoms with E-state index in [1.165, 1.54) is 35.7 Å². The fraction of sp³-hybridized carbons (Fsp3) is 0.400. The van der Waals surface area contributed by atoms with Crippen molar-refractivity contribution in [3.05, 3.63) is 108 Å². The van der Waals surface area contributed by atoms with Gasteiger partial charge in [0, 0.05) is 19.8 Å². The van der Waals surface area contributed by atoms with Gasteiger partial charge < -0.3 is 14.2 Å². The van der Waals surface area contributed by atoms with E-state index in [1.54, 1.807) is 0 Å². The summed E-state index contributed by atoms with van der Waals surface area (Å²) in [6.45, 7) is 5.26. The van der Waals surface area contributed by atoms with Crippen molar-refractivity contribution in [1.29, 1.82) is 0 Å². The predicted octanol–water partition coefficient (Wildman–Crippen LogP) is 7.30. The topological polar surface area (TPSA) is 27.7 Å². The van der Waals surface area contributed by atoms with Gasteiger partial charge in [-0.2, -0.15) is 0 Å². The van der Waals surface area contributed by atoms with E-state index in [0.717, 1.165) is 39.1 Å². The third-order valence-corrected chi connectivity index (χ3v) is 6.04. The maximum absolute atomic E-state index is 5.90. The van der Waals surface area contributed by atoms with Crippen LogP contribution in [0.2, 0.25) is 19.0 Å². The molecule has 0 aromatic heterocycles. The minimum absolute atomic E-state index is 0.695.